The fourth-order valence-corrected chi connectivity index (χ4v) is 6.58. The van der Waals surface area contributed by atoms with Gasteiger partial charge in [0.1, 0.15) is 12.2 Å². The average molecular weight is 518 g/mol. The van der Waals surface area contributed by atoms with Crippen LogP contribution >= 0.6 is 0 Å². The second kappa shape index (κ2) is 8.80. The van der Waals surface area contributed by atoms with Gasteiger partial charge in [0.05, 0.1) is 23.0 Å². The van der Waals surface area contributed by atoms with Crippen LogP contribution in [0.1, 0.15) is 130 Å². The zero-order valence-electron chi connectivity index (χ0n) is 21.9. The molecule has 2 aromatic rings. The predicted octanol–water partition coefficient (Wildman–Crippen LogP) is 7.18. The summed E-state index contributed by atoms with van der Waals surface area (Å²) in [4.78, 5) is 17.2. The normalized spacial score (nSPS) is 25.8. The van der Waals surface area contributed by atoms with E-state index >= 15 is 0 Å². The van der Waals surface area contributed by atoms with Gasteiger partial charge in [0.15, 0.2) is 0 Å². The van der Waals surface area contributed by atoms with Crippen LogP contribution in [0.25, 0.3) is 0 Å². The van der Waals surface area contributed by atoms with E-state index in [1.165, 1.54) is 19.1 Å². The van der Waals surface area contributed by atoms with Gasteiger partial charge in [-0.05, 0) is 48.4 Å². The van der Waals surface area contributed by atoms with E-state index in [1.807, 2.05) is 27.7 Å². The number of halogens is 3. The minimum Gasteiger partial charge on any atom is -0.455 e. The summed E-state index contributed by atoms with van der Waals surface area (Å²) >= 11 is 0. The molecule has 1 N–H and O–H groups in total. The van der Waals surface area contributed by atoms with E-state index in [4.69, 9.17) is 14.5 Å². The van der Waals surface area contributed by atoms with Crippen molar-refractivity contribution in [1.82, 2.24) is 4.98 Å². The van der Waals surface area contributed by atoms with Crippen molar-refractivity contribution >= 4 is 5.97 Å². The van der Waals surface area contributed by atoms with Gasteiger partial charge in [0.25, 0.3) is 0 Å². The third kappa shape index (κ3) is 4.26. The second-order valence-electron chi connectivity index (χ2n) is 11.8. The first-order chi connectivity index (χ1) is 17.2. The van der Waals surface area contributed by atoms with Crippen molar-refractivity contribution in [2.75, 3.05) is 0 Å². The highest BCUT2D eigenvalue weighted by Crippen LogP contribution is 2.61. The van der Waals surface area contributed by atoms with Crippen molar-refractivity contribution in [2.45, 2.75) is 103 Å². The zero-order chi connectivity index (χ0) is 26.9. The van der Waals surface area contributed by atoms with Crippen molar-refractivity contribution in [3.63, 3.8) is 0 Å². The van der Waals surface area contributed by atoms with E-state index < -0.39 is 47.0 Å². The molecular weight excluding hydrogens is 483 g/mol. The Balaban J connectivity index is 1.77. The molecule has 37 heavy (non-hydrogen) atoms. The number of fused-ring (bicyclic) bond motifs is 4. The summed E-state index contributed by atoms with van der Waals surface area (Å²) in [5.74, 6) is -0.445. The maximum atomic E-state index is 13.3. The Morgan fingerprint density at radius 3 is 2.30 bits per heavy atom. The highest BCUT2D eigenvalue weighted by atomic mass is 19.4. The first-order valence-corrected chi connectivity index (χ1v) is 13.0. The van der Waals surface area contributed by atoms with E-state index in [0.717, 1.165) is 54.6 Å². The Kier molecular flexibility index (Phi) is 6.23. The topological polar surface area (TPSA) is 68.7 Å². The molecule has 5 rings (SSSR count). The van der Waals surface area contributed by atoms with E-state index in [9.17, 15) is 23.1 Å². The Hall–Kier alpha value is -2.45. The molecule has 1 aromatic heterocycles. The summed E-state index contributed by atoms with van der Waals surface area (Å²) < 4.78 is 52.4. The minimum absolute atomic E-state index is 0.0312. The molecule has 0 saturated heterocycles. The number of benzene rings is 1. The standard InChI is InChI=1S/C29H34F3NO4/c1-15(2)23-21-22(20-19(35)14-27(4,5)26(24(20)33-23)36-16(3)34)28(12-6-7-13-28)37-25(21)17-8-10-18(11-9-17)29(30,31)32/h8-11,15,19,25-26,35H,6-7,12-14H2,1-5H3/t19?,25?,26-/m0/s1. The van der Waals surface area contributed by atoms with Crippen molar-refractivity contribution in [2.24, 2.45) is 5.41 Å². The SMILES string of the molecule is CC(=O)O[C@H]1c2nc(C(C)C)c3c(c2C(O)CC1(C)C)C1(CCCC1)OC3c1ccc(C(F)(F)F)cc1. The molecule has 3 atom stereocenters. The maximum absolute atomic E-state index is 13.3. The molecule has 0 bridgehead atoms. The summed E-state index contributed by atoms with van der Waals surface area (Å²) in [7, 11) is 0. The van der Waals surface area contributed by atoms with Crippen molar-refractivity contribution in [3.05, 3.63) is 63.5 Å². The highest BCUT2D eigenvalue weighted by molar-refractivity contribution is 5.67. The van der Waals surface area contributed by atoms with Crippen molar-refractivity contribution in [1.29, 1.82) is 0 Å². The molecule has 2 unspecified atom stereocenters. The number of hydrogen-bond donors (Lipinski definition) is 1. The van der Waals surface area contributed by atoms with E-state index in [2.05, 4.69) is 0 Å². The molecular formula is C29H34F3NO4. The molecule has 1 spiro atoms. The van der Waals surface area contributed by atoms with Crippen LogP contribution in [0.4, 0.5) is 13.2 Å². The number of aliphatic hydroxyl groups excluding tert-OH is 1. The lowest BCUT2D eigenvalue weighted by atomic mass is 9.68. The van der Waals surface area contributed by atoms with Crippen molar-refractivity contribution < 1.29 is 32.5 Å². The van der Waals surface area contributed by atoms with Gasteiger partial charge in [-0.25, -0.2) is 0 Å². The van der Waals surface area contributed by atoms with Crippen LogP contribution in [0.3, 0.4) is 0 Å². The van der Waals surface area contributed by atoms with Gasteiger partial charge < -0.3 is 14.6 Å². The fraction of sp³-hybridized carbons (Fsp3) is 0.586. The van der Waals surface area contributed by atoms with Crippen LogP contribution in [-0.2, 0) is 26.0 Å². The lowest BCUT2D eigenvalue weighted by Gasteiger charge is -2.42. The van der Waals surface area contributed by atoms with Gasteiger partial charge in [0.2, 0.25) is 0 Å². The molecule has 3 aliphatic rings. The summed E-state index contributed by atoms with van der Waals surface area (Å²) in [6.07, 6.45) is -2.70. The summed E-state index contributed by atoms with van der Waals surface area (Å²) in [5, 5.41) is 11.5. The van der Waals surface area contributed by atoms with Crippen molar-refractivity contribution in [3.8, 4) is 0 Å². The summed E-state index contributed by atoms with van der Waals surface area (Å²) in [5.41, 5.74) is 2.48. The number of pyridine rings is 1. The molecule has 0 amide bonds. The van der Waals surface area contributed by atoms with Gasteiger partial charge in [0, 0.05) is 29.2 Å². The Morgan fingerprint density at radius 2 is 1.76 bits per heavy atom. The third-order valence-corrected chi connectivity index (χ3v) is 8.19. The molecule has 0 radical (unpaired) electrons. The number of ether oxygens (including phenoxy) is 2. The number of aliphatic hydroxyl groups is 1. The number of alkyl halides is 3. The number of aromatic nitrogens is 1. The predicted molar refractivity (Wildman–Crippen MR) is 131 cm³/mol. The minimum atomic E-state index is -4.42. The third-order valence-electron chi connectivity index (χ3n) is 8.19. The first-order valence-electron chi connectivity index (χ1n) is 13.0. The molecule has 5 nitrogen and oxygen atoms in total. The fourth-order valence-electron chi connectivity index (χ4n) is 6.58. The average Bonchev–Trinajstić information content (AvgIpc) is 3.40. The van der Waals surface area contributed by atoms with Crippen LogP contribution in [0.2, 0.25) is 0 Å². The van der Waals surface area contributed by atoms with Crippen LogP contribution in [0, 0.1) is 5.41 Å². The van der Waals surface area contributed by atoms with Crippen LogP contribution < -0.4 is 0 Å². The smallest absolute Gasteiger partial charge is 0.416 e. The van der Waals surface area contributed by atoms with Gasteiger partial charge in [-0.3, -0.25) is 9.78 Å². The monoisotopic (exact) mass is 517 g/mol. The second-order valence-corrected chi connectivity index (χ2v) is 11.8. The van der Waals surface area contributed by atoms with Crippen LogP contribution in [0.5, 0.6) is 0 Å². The molecule has 1 aliphatic heterocycles. The molecule has 1 aromatic carbocycles. The van der Waals surface area contributed by atoms with E-state index in [-0.39, 0.29) is 5.92 Å². The quantitative estimate of drug-likeness (QED) is 0.437. The van der Waals surface area contributed by atoms with Gasteiger partial charge in [-0.2, -0.15) is 13.2 Å². The van der Waals surface area contributed by atoms with Gasteiger partial charge >= 0.3 is 12.1 Å². The Morgan fingerprint density at radius 1 is 1.14 bits per heavy atom. The first kappa shape index (κ1) is 26.2. The Bertz CT molecular complexity index is 1210. The van der Waals surface area contributed by atoms with Crippen LogP contribution in [-0.4, -0.2) is 16.1 Å². The molecule has 200 valence electrons. The van der Waals surface area contributed by atoms with E-state index in [0.29, 0.717) is 23.2 Å². The lowest BCUT2D eigenvalue weighted by Crippen LogP contribution is -2.37. The largest absolute Gasteiger partial charge is 0.455 e. The number of carbonyl (C=O) groups is 1. The Labute approximate surface area is 215 Å². The maximum Gasteiger partial charge on any atom is 0.416 e. The molecule has 1 fully saturated rings. The molecule has 2 heterocycles. The highest BCUT2D eigenvalue weighted by Gasteiger charge is 2.55. The lowest BCUT2D eigenvalue weighted by molar-refractivity contribution is -0.156. The van der Waals surface area contributed by atoms with Gasteiger partial charge in [-0.1, -0.05) is 52.7 Å². The zero-order valence-corrected chi connectivity index (χ0v) is 21.9. The number of carbonyl (C=O) groups excluding carboxylic acids is 1. The number of rotatable bonds is 3. The molecule has 8 heteroatoms. The molecule has 2 aliphatic carbocycles. The number of nitrogens with zero attached hydrogens (tertiary/aromatic N) is 1. The number of esters is 1. The van der Waals surface area contributed by atoms with Gasteiger partial charge in [-0.15, -0.1) is 0 Å². The molecule has 1 saturated carbocycles. The summed E-state index contributed by atoms with van der Waals surface area (Å²) in [6.45, 7) is 9.33. The number of hydrogen-bond acceptors (Lipinski definition) is 5. The van der Waals surface area contributed by atoms with Crippen LogP contribution in [0.15, 0.2) is 24.3 Å². The summed E-state index contributed by atoms with van der Waals surface area (Å²) in [6, 6.07) is 5.14. The van der Waals surface area contributed by atoms with E-state index in [1.54, 1.807) is 0 Å².